The highest BCUT2D eigenvalue weighted by atomic mass is 32.2. The normalized spacial score (nSPS) is 18.2. The second-order valence-corrected chi connectivity index (χ2v) is 9.12. The number of anilines is 3. The fourth-order valence-corrected chi connectivity index (χ4v) is 4.68. The number of carbonyl (C=O) groups is 1. The van der Waals surface area contributed by atoms with Crippen LogP contribution in [0.3, 0.4) is 0 Å². The number of hydrogen-bond donors (Lipinski definition) is 3. The zero-order chi connectivity index (χ0) is 22.5. The standard InChI is InChI=1S/C24H30N6OS/c1-30(2)22-18-8-4-5-9-19(18)27-23(29-22)25-16-12-14-17(15-13-16)26-24(31)28-20-10-6-7-11-21(20)32-3/h4-11,16-17H,12-15H2,1-3H3,(H,25,27,29)(H2,26,28,31)/t16-,17+. The molecular formula is C24H30N6OS. The van der Waals surface area contributed by atoms with Crippen LogP contribution < -0.4 is 20.9 Å². The van der Waals surface area contributed by atoms with Crippen LogP contribution in [0.5, 0.6) is 0 Å². The number of carbonyl (C=O) groups excluding carboxylic acids is 1. The predicted molar refractivity (Wildman–Crippen MR) is 134 cm³/mol. The van der Waals surface area contributed by atoms with Crippen LogP contribution >= 0.6 is 11.8 Å². The van der Waals surface area contributed by atoms with Crippen LogP contribution in [0.25, 0.3) is 10.9 Å². The zero-order valence-corrected chi connectivity index (χ0v) is 19.6. The largest absolute Gasteiger partial charge is 0.362 e. The summed E-state index contributed by atoms with van der Waals surface area (Å²) in [6.07, 6.45) is 5.76. The van der Waals surface area contributed by atoms with E-state index in [2.05, 4.69) is 16.0 Å². The Morgan fingerprint density at radius 3 is 2.41 bits per heavy atom. The van der Waals surface area contributed by atoms with E-state index in [4.69, 9.17) is 9.97 Å². The van der Waals surface area contributed by atoms with E-state index in [9.17, 15) is 4.79 Å². The number of benzene rings is 2. The Hall–Kier alpha value is -3.00. The fourth-order valence-electron chi connectivity index (χ4n) is 4.12. The van der Waals surface area contributed by atoms with Gasteiger partial charge >= 0.3 is 6.03 Å². The van der Waals surface area contributed by atoms with E-state index in [1.54, 1.807) is 11.8 Å². The average molecular weight is 451 g/mol. The molecule has 3 aromatic rings. The van der Waals surface area contributed by atoms with Gasteiger partial charge in [0.1, 0.15) is 5.82 Å². The van der Waals surface area contributed by atoms with Gasteiger partial charge in [-0.15, -0.1) is 11.8 Å². The summed E-state index contributed by atoms with van der Waals surface area (Å²) in [5.41, 5.74) is 1.78. The third-order valence-electron chi connectivity index (χ3n) is 5.76. The van der Waals surface area contributed by atoms with Crippen molar-refractivity contribution in [3.8, 4) is 0 Å². The first-order valence-electron chi connectivity index (χ1n) is 10.9. The van der Waals surface area contributed by atoms with Gasteiger partial charge in [0.25, 0.3) is 0 Å². The second kappa shape index (κ2) is 10.1. The second-order valence-electron chi connectivity index (χ2n) is 8.27. The topological polar surface area (TPSA) is 82.2 Å². The maximum Gasteiger partial charge on any atom is 0.319 e. The quantitative estimate of drug-likeness (QED) is 0.461. The molecule has 1 fully saturated rings. The molecule has 0 bridgehead atoms. The van der Waals surface area contributed by atoms with Crippen LogP contribution in [0.4, 0.5) is 22.2 Å². The molecule has 1 heterocycles. The van der Waals surface area contributed by atoms with E-state index in [0.717, 1.165) is 53.0 Å². The summed E-state index contributed by atoms with van der Waals surface area (Å²) < 4.78 is 0. The lowest BCUT2D eigenvalue weighted by Crippen LogP contribution is -2.42. The van der Waals surface area contributed by atoms with Crippen molar-refractivity contribution in [3.05, 3.63) is 48.5 Å². The van der Waals surface area contributed by atoms with Gasteiger partial charge in [0.05, 0.1) is 11.2 Å². The molecule has 1 saturated carbocycles. The summed E-state index contributed by atoms with van der Waals surface area (Å²) in [6, 6.07) is 16.2. The molecule has 3 N–H and O–H groups in total. The summed E-state index contributed by atoms with van der Waals surface area (Å²) in [7, 11) is 4.00. The smallest absolute Gasteiger partial charge is 0.319 e. The monoisotopic (exact) mass is 450 g/mol. The van der Waals surface area contributed by atoms with Crippen molar-refractivity contribution in [2.75, 3.05) is 35.9 Å². The fraction of sp³-hybridized carbons (Fsp3) is 0.375. The molecule has 2 amide bonds. The van der Waals surface area contributed by atoms with E-state index < -0.39 is 0 Å². The molecular weight excluding hydrogens is 420 g/mol. The summed E-state index contributed by atoms with van der Waals surface area (Å²) in [4.78, 5) is 25.0. The van der Waals surface area contributed by atoms with Gasteiger partial charge in [0, 0.05) is 36.5 Å². The lowest BCUT2D eigenvalue weighted by atomic mass is 9.91. The number of aromatic nitrogens is 2. The number of amides is 2. The highest BCUT2D eigenvalue weighted by Gasteiger charge is 2.23. The van der Waals surface area contributed by atoms with E-state index in [0.29, 0.717) is 12.0 Å². The molecule has 0 atom stereocenters. The summed E-state index contributed by atoms with van der Waals surface area (Å²) in [6.45, 7) is 0. The highest BCUT2D eigenvalue weighted by molar-refractivity contribution is 7.98. The molecule has 7 nitrogen and oxygen atoms in total. The van der Waals surface area contributed by atoms with E-state index >= 15 is 0 Å². The van der Waals surface area contributed by atoms with Crippen molar-refractivity contribution in [3.63, 3.8) is 0 Å². The Morgan fingerprint density at radius 1 is 0.969 bits per heavy atom. The van der Waals surface area contributed by atoms with Crippen LogP contribution in [0, 0.1) is 0 Å². The predicted octanol–water partition coefficient (Wildman–Crippen LogP) is 4.96. The van der Waals surface area contributed by atoms with Crippen molar-refractivity contribution in [2.45, 2.75) is 42.7 Å². The average Bonchev–Trinajstić information content (AvgIpc) is 2.80. The van der Waals surface area contributed by atoms with Gasteiger partial charge in [-0.1, -0.05) is 24.3 Å². The molecule has 0 spiro atoms. The molecule has 1 aromatic heterocycles. The minimum atomic E-state index is -0.142. The minimum Gasteiger partial charge on any atom is -0.362 e. The molecule has 1 aliphatic carbocycles. The van der Waals surface area contributed by atoms with E-state index in [1.807, 2.05) is 73.8 Å². The molecule has 32 heavy (non-hydrogen) atoms. The number of nitrogens with one attached hydrogen (secondary N) is 3. The van der Waals surface area contributed by atoms with Crippen molar-refractivity contribution in [1.29, 1.82) is 0 Å². The first kappa shape index (κ1) is 22.2. The first-order chi connectivity index (χ1) is 15.5. The van der Waals surface area contributed by atoms with Gasteiger partial charge in [-0.05, 0) is 56.2 Å². The van der Waals surface area contributed by atoms with Crippen LogP contribution in [-0.2, 0) is 0 Å². The molecule has 168 valence electrons. The third-order valence-corrected chi connectivity index (χ3v) is 6.55. The molecule has 0 radical (unpaired) electrons. The third kappa shape index (κ3) is 5.24. The van der Waals surface area contributed by atoms with Gasteiger partial charge in [-0.2, -0.15) is 4.98 Å². The molecule has 4 rings (SSSR count). The van der Waals surface area contributed by atoms with Crippen molar-refractivity contribution >= 4 is 46.1 Å². The number of urea groups is 1. The number of para-hydroxylation sites is 2. The number of hydrogen-bond acceptors (Lipinski definition) is 6. The van der Waals surface area contributed by atoms with Gasteiger partial charge in [-0.3, -0.25) is 0 Å². The maximum absolute atomic E-state index is 12.5. The maximum atomic E-state index is 12.5. The van der Waals surface area contributed by atoms with Gasteiger partial charge < -0.3 is 20.9 Å². The SMILES string of the molecule is CSc1ccccc1NC(=O)N[C@H]1CC[C@@H](Nc2nc(N(C)C)c3ccccc3n2)CC1. The van der Waals surface area contributed by atoms with Crippen molar-refractivity contribution in [2.24, 2.45) is 0 Å². The first-order valence-corrected chi connectivity index (χ1v) is 12.2. The molecule has 8 heteroatoms. The van der Waals surface area contributed by atoms with E-state index in [1.165, 1.54) is 0 Å². The van der Waals surface area contributed by atoms with Gasteiger partial charge in [-0.25, -0.2) is 9.78 Å². The summed E-state index contributed by atoms with van der Waals surface area (Å²) in [5.74, 6) is 1.57. The molecule has 0 aliphatic heterocycles. The number of thioether (sulfide) groups is 1. The lowest BCUT2D eigenvalue weighted by molar-refractivity contribution is 0.243. The van der Waals surface area contributed by atoms with Crippen LogP contribution in [0.1, 0.15) is 25.7 Å². The molecule has 2 aromatic carbocycles. The van der Waals surface area contributed by atoms with Crippen LogP contribution in [0.15, 0.2) is 53.4 Å². The number of fused-ring (bicyclic) bond motifs is 1. The number of nitrogens with zero attached hydrogens (tertiary/aromatic N) is 3. The molecule has 0 unspecified atom stereocenters. The summed E-state index contributed by atoms with van der Waals surface area (Å²) >= 11 is 1.62. The van der Waals surface area contributed by atoms with E-state index in [-0.39, 0.29) is 12.1 Å². The molecule has 1 aliphatic rings. The molecule has 0 saturated heterocycles. The number of rotatable bonds is 6. The summed E-state index contributed by atoms with van der Waals surface area (Å²) in [5, 5.41) is 10.7. The Bertz CT molecular complexity index is 1080. The Kier molecular flexibility index (Phi) is 6.99. The van der Waals surface area contributed by atoms with Crippen molar-refractivity contribution < 1.29 is 4.79 Å². The minimum absolute atomic E-state index is 0.142. The Labute approximate surface area is 193 Å². The Morgan fingerprint density at radius 2 is 1.66 bits per heavy atom. The van der Waals surface area contributed by atoms with Gasteiger partial charge in [0.2, 0.25) is 5.95 Å². The van der Waals surface area contributed by atoms with Gasteiger partial charge in [0.15, 0.2) is 0 Å². The Balaban J connectivity index is 1.33. The zero-order valence-electron chi connectivity index (χ0n) is 18.8. The lowest BCUT2D eigenvalue weighted by Gasteiger charge is -2.30. The van der Waals surface area contributed by atoms with Crippen molar-refractivity contribution in [1.82, 2.24) is 15.3 Å². The van der Waals surface area contributed by atoms with Crippen LogP contribution in [-0.4, -0.2) is 48.4 Å². The van der Waals surface area contributed by atoms with Crippen LogP contribution in [0.2, 0.25) is 0 Å². The highest BCUT2D eigenvalue weighted by Crippen LogP contribution is 2.27.